The van der Waals surface area contributed by atoms with Crippen molar-refractivity contribution in [1.29, 1.82) is 0 Å². The molecule has 0 bridgehead atoms. The van der Waals surface area contributed by atoms with Gasteiger partial charge in [0.1, 0.15) is 0 Å². The first kappa shape index (κ1) is 14.6. The molecule has 1 N–H and O–H groups in total. The number of halogens is 1. The number of aliphatic hydroxyl groups excluding tert-OH is 1. The molecule has 1 aromatic carbocycles. The lowest BCUT2D eigenvalue weighted by Crippen LogP contribution is -2.32. The van der Waals surface area contributed by atoms with Crippen molar-refractivity contribution in [3.05, 3.63) is 35.9 Å². The first-order chi connectivity index (χ1) is 8.07. The summed E-state index contributed by atoms with van der Waals surface area (Å²) < 4.78 is 0.880. The number of benzene rings is 1. The van der Waals surface area contributed by atoms with Crippen LogP contribution < -0.4 is 0 Å². The van der Waals surface area contributed by atoms with E-state index in [0.29, 0.717) is 5.56 Å². The zero-order chi connectivity index (χ0) is 12.8. The van der Waals surface area contributed by atoms with Gasteiger partial charge in [-0.05, 0) is 12.3 Å². The number of hydrogen-bond acceptors (Lipinski definition) is 2. The van der Waals surface area contributed by atoms with Crippen molar-refractivity contribution < 1.29 is 9.90 Å². The Morgan fingerprint density at radius 3 is 2.35 bits per heavy atom. The van der Waals surface area contributed by atoms with E-state index in [1.54, 1.807) is 0 Å². The molecular weight excluding hydrogens is 327 g/mol. The average Bonchev–Trinajstić information content (AvgIpc) is 2.35. The van der Waals surface area contributed by atoms with Crippen LogP contribution in [0.2, 0.25) is 0 Å². The van der Waals surface area contributed by atoms with Crippen LogP contribution in [0.3, 0.4) is 0 Å². The molecule has 17 heavy (non-hydrogen) atoms. The van der Waals surface area contributed by atoms with Crippen LogP contribution in [-0.4, -0.2) is 21.4 Å². The van der Waals surface area contributed by atoms with E-state index in [4.69, 9.17) is 0 Å². The van der Waals surface area contributed by atoms with Crippen LogP contribution in [0.1, 0.15) is 30.6 Å². The van der Waals surface area contributed by atoms with Crippen LogP contribution >= 0.6 is 22.6 Å². The minimum absolute atomic E-state index is 0.0588. The standard InChI is InChI=1S/C14H19IO2/c1-10(2)13(16)12(8-9-15)14(17)11-6-4-3-5-7-11/h3-7,10,12-13,16H,8-9H2,1-2H3/t12-,13+/m1/s1. The molecule has 2 atom stereocenters. The van der Waals surface area contributed by atoms with E-state index in [9.17, 15) is 9.90 Å². The van der Waals surface area contributed by atoms with Gasteiger partial charge in [-0.1, -0.05) is 66.8 Å². The third kappa shape index (κ3) is 4.07. The highest BCUT2D eigenvalue weighted by Crippen LogP contribution is 2.22. The van der Waals surface area contributed by atoms with Crippen molar-refractivity contribution in [2.45, 2.75) is 26.4 Å². The van der Waals surface area contributed by atoms with E-state index in [2.05, 4.69) is 22.6 Å². The molecule has 0 aliphatic carbocycles. The van der Waals surface area contributed by atoms with Gasteiger partial charge >= 0.3 is 0 Å². The normalized spacial score (nSPS) is 14.6. The van der Waals surface area contributed by atoms with E-state index in [1.807, 2.05) is 44.2 Å². The Labute approximate surface area is 117 Å². The first-order valence-electron chi connectivity index (χ1n) is 5.91. The monoisotopic (exact) mass is 346 g/mol. The Balaban J connectivity index is 2.88. The molecular formula is C14H19IO2. The molecule has 0 fully saturated rings. The minimum atomic E-state index is -0.558. The SMILES string of the molecule is CC(C)[C@H](O)[C@@H](CCI)C(=O)c1ccccc1. The molecule has 1 rings (SSSR count). The molecule has 0 aliphatic rings. The van der Waals surface area contributed by atoms with Gasteiger partial charge in [0, 0.05) is 15.9 Å². The molecule has 3 heteroatoms. The van der Waals surface area contributed by atoms with Gasteiger partial charge in [-0.3, -0.25) is 4.79 Å². The van der Waals surface area contributed by atoms with Gasteiger partial charge in [-0.2, -0.15) is 0 Å². The largest absolute Gasteiger partial charge is 0.392 e. The van der Waals surface area contributed by atoms with Gasteiger partial charge in [0.05, 0.1) is 6.10 Å². The van der Waals surface area contributed by atoms with Gasteiger partial charge in [0.15, 0.2) is 5.78 Å². The lowest BCUT2D eigenvalue weighted by Gasteiger charge is -2.24. The van der Waals surface area contributed by atoms with E-state index in [1.165, 1.54) is 0 Å². The summed E-state index contributed by atoms with van der Waals surface area (Å²) in [6.45, 7) is 3.90. The first-order valence-corrected chi connectivity index (χ1v) is 7.43. The quantitative estimate of drug-likeness (QED) is 0.487. The number of hydrogen-bond donors (Lipinski definition) is 1. The maximum absolute atomic E-state index is 12.3. The molecule has 94 valence electrons. The summed E-state index contributed by atoms with van der Waals surface area (Å²) in [5.74, 6) is -0.117. The molecule has 0 unspecified atom stereocenters. The zero-order valence-corrected chi connectivity index (χ0v) is 12.4. The summed E-state index contributed by atoms with van der Waals surface area (Å²) >= 11 is 2.25. The van der Waals surface area contributed by atoms with Crippen molar-refractivity contribution in [3.8, 4) is 0 Å². The van der Waals surface area contributed by atoms with Crippen LogP contribution in [0.4, 0.5) is 0 Å². The number of carbonyl (C=O) groups is 1. The summed E-state index contributed by atoms with van der Waals surface area (Å²) in [6, 6.07) is 9.24. The number of Topliss-reactive ketones (excluding diaryl/α,β-unsaturated/α-hetero) is 1. The predicted octanol–water partition coefficient (Wildman–Crippen LogP) is 3.33. The average molecular weight is 346 g/mol. The highest BCUT2D eigenvalue weighted by atomic mass is 127. The van der Waals surface area contributed by atoms with E-state index >= 15 is 0 Å². The second-order valence-electron chi connectivity index (χ2n) is 4.55. The van der Waals surface area contributed by atoms with Gasteiger partial charge in [-0.15, -0.1) is 0 Å². The Morgan fingerprint density at radius 1 is 1.29 bits per heavy atom. The van der Waals surface area contributed by atoms with Crippen molar-refractivity contribution >= 4 is 28.4 Å². The van der Waals surface area contributed by atoms with Crippen LogP contribution in [0.15, 0.2) is 30.3 Å². The second kappa shape index (κ2) is 7.11. The number of ketones is 1. The van der Waals surface area contributed by atoms with Gasteiger partial charge in [-0.25, -0.2) is 0 Å². The van der Waals surface area contributed by atoms with E-state index in [-0.39, 0.29) is 17.6 Å². The van der Waals surface area contributed by atoms with Crippen LogP contribution in [0, 0.1) is 11.8 Å². The second-order valence-corrected chi connectivity index (χ2v) is 5.63. The van der Waals surface area contributed by atoms with Crippen LogP contribution in [0.25, 0.3) is 0 Å². The zero-order valence-electron chi connectivity index (χ0n) is 10.3. The Hall–Kier alpha value is -0.420. The highest BCUT2D eigenvalue weighted by molar-refractivity contribution is 14.1. The maximum atomic E-state index is 12.3. The third-order valence-corrected chi connectivity index (χ3v) is 3.53. The lowest BCUT2D eigenvalue weighted by molar-refractivity contribution is 0.0498. The number of rotatable bonds is 6. The molecule has 0 aromatic heterocycles. The summed E-state index contributed by atoms with van der Waals surface area (Å²) in [6.07, 6.45) is 0.172. The molecule has 0 radical (unpaired) electrons. The topological polar surface area (TPSA) is 37.3 Å². The smallest absolute Gasteiger partial charge is 0.168 e. The third-order valence-electron chi connectivity index (χ3n) is 2.91. The Morgan fingerprint density at radius 2 is 1.88 bits per heavy atom. The summed E-state index contributed by atoms with van der Waals surface area (Å²) in [7, 11) is 0. The fraction of sp³-hybridized carbons (Fsp3) is 0.500. The van der Waals surface area contributed by atoms with Gasteiger partial charge < -0.3 is 5.11 Å². The lowest BCUT2D eigenvalue weighted by atomic mass is 9.85. The van der Waals surface area contributed by atoms with E-state index < -0.39 is 6.10 Å². The summed E-state index contributed by atoms with van der Waals surface area (Å²) in [5, 5.41) is 10.1. The fourth-order valence-electron chi connectivity index (χ4n) is 1.86. The van der Waals surface area contributed by atoms with Crippen LogP contribution in [0.5, 0.6) is 0 Å². The number of alkyl halides is 1. The van der Waals surface area contributed by atoms with E-state index in [0.717, 1.165) is 10.8 Å². The number of carbonyl (C=O) groups excluding carboxylic acids is 1. The van der Waals surface area contributed by atoms with Crippen molar-refractivity contribution in [2.24, 2.45) is 11.8 Å². The summed E-state index contributed by atoms with van der Waals surface area (Å²) in [4.78, 5) is 12.3. The fourth-order valence-corrected chi connectivity index (χ4v) is 2.53. The van der Waals surface area contributed by atoms with Gasteiger partial charge in [0.2, 0.25) is 0 Å². The maximum Gasteiger partial charge on any atom is 0.168 e. The van der Waals surface area contributed by atoms with Gasteiger partial charge in [0.25, 0.3) is 0 Å². The molecule has 1 aromatic rings. The van der Waals surface area contributed by atoms with Crippen molar-refractivity contribution in [3.63, 3.8) is 0 Å². The molecule has 0 aliphatic heterocycles. The molecule has 2 nitrogen and oxygen atoms in total. The Bertz CT molecular complexity index is 348. The van der Waals surface area contributed by atoms with Crippen molar-refractivity contribution in [2.75, 3.05) is 4.43 Å². The predicted molar refractivity (Wildman–Crippen MR) is 78.6 cm³/mol. The Kier molecular flexibility index (Phi) is 6.12. The highest BCUT2D eigenvalue weighted by Gasteiger charge is 2.28. The molecule has 0 saturated carbocycles. The molecule has 0 saturated heterocycles. The summed E-state index contributed by atoms with van der Waals surface area (Å²) in [5.41, 5.74) is 0.696. The van der Waals surface area contributed by atoms with Crippen LogP contribution in [-0.2, 0) is 0 Å². The number of aliphatic hydroxyl groups is 1. The molecule has 0 spiro atoms. The minimum Gasteiger partial charge on any atom is -0.392 e. The molecule has 0 heterocycles. The van der Waals surface area contributed by atoms with Crippen molar-refractivity contribution in [1.82, 2.24) is 0 Å². The molecule has 0 amide bonds.